The number of rotatable bonds is 4. The predicted octanol–water partition coefficient (Wildman–Crippen LogP) is 4.02. The van der Waals surface area contributed by atoms with Crippen molar-refractivity contribution in [2.45, 2.75) is 57.2 Å². The zero-order valence-corrected chi connectivity index (χ0v) is 13.8. The van der Waals surface area contributed by atoms with Crippen LogP contribution in [0.4, 0.5) is 0 Å². The lowest BCUT2D eigenvalue weighted by Gasteiger charge is -2.29. The third-order valence-electron chi connectivity index (χ3n) is 5.02. The van der Waals surface area contributed by atoms with Gasteiger partial charge >= 0.3 is 0 Å². The lowest BCUT2D eigenvalue weighted by atomic mass is 9.92. The molecular formula is C17H25BrN2. The molecule has 0 bridgehead atoms. The number of nitrogens with one attached hydrogen (secondary N) is 2. The van der Waals surface area contributed by atoms with E-state index in [2.05, 4.69) is 57.8 Å². The van der Waals surface area contributed by atoms with Gasteiger partial charge in [-0.25, -0.2) is 0 Å². The second kappa shape index (κ2) is 6.59. The molecule has 3 unspecified atom stereocenters. The largest absolute Gasteiger partial charge is 0.314 e. The molecule has 1 saturated carbocycles. The van der Waals surface area contributed by atoms with E-state index in [1.54, 1.807) is 0 Å². The molecule has 1 saturated heterocycles. The van der Waals surface area contributed by atoms with E-state index in [9.17, 15) is 0 Å². The molecule has 0 amide bonds. The van der Waals surface area contributed by atoms with Crippen molar-refractivity contribution in [3.63, 3.8) is 0 Å². The van der Waals surface area contributed by atoms with Gasteiger partial charge in [0, 0.05) is 22.6 Å². The molecule has 1 aromatic carbocycles. The van der Waals surface area contributed by atoms with E-state index in [-0.39, 0.29) is 0 Å². The Balaban J connectivity index is 1.62. The van der Waals surface area contributed by atoms with Gasteiger partial charge in [0.2, 0.25) is 0 Å². The Bertz CT molecular complexity index is 425. The highest BCUT2D eigenvalue weighted by Crippen LogP contribution is 2.33. The summed E-state index contributed by atoms with van der Waals surface area (Å²) in [5.41, 5.74) is 1.39. The predicted molar refractivity (Wildman–Crippen MR) is 87.8 cm³/mol. The summed E-state index contributed by atoms with van der Waals surface area (Å²) in [7, 11) is 0. The summed E-state index contributed by atoms with van der Waals surface area (Å²) in [4.78, 5) is 0. The fourth-order valence-corrected chi connectivity index (χ4v) is 4.19. The molecule has 2 nitrogen and oxygen atoms in total. The molecule has 1 aromatic rings. The Morgan fingerprint density at radius 2 is 1.95 bits per heavy atom. The van der Waals surface area contributed by atoms with E-state index in [1.807, 2.05) is 0 Å². The van der Waals surface area contributed by atoms with Crippen LogP contribution in [0.15, 0.2) is 28.7 Å². The summed E-state index contributed by atoms with van der Waals surface area (Å²) in [6.07, 6.45) is 6.84. The first-order chi connectivity index (χ1) is 9.74. The maximum absolute atomic E-state index is 3.89. The van der Waals surface area contributed by atoms with Crippen LogP contribution in [-0.2, 0) is 0 Å². The second-order valence-corrected chi connectivity index (χ2v) is 7.26. The Morgan fingerprint density at radius 3 is 2.65 bits per heavy atom. The van der Waals surface area contributed by atoms with Gasteiger partial charge in [0.15, 0.2) is 0 Å². The van der Waals surface area contributed by atoms with Gasteiger partial charge in [-0.1, -0.05) is 34.5 Å². The summed E-state index contributed by atoms with van der Waals surface area (Å²) >= 11 is 3.51. The van der Waals surface area contributed by atoms with Crippen LogP contribution in [0.2, 0.25) is 0 Å². The van der Waals surface area contributed by atoms with Crippen molar-refractivity contribution < 1.29 is 0 Å². The van der Waals surface area contributed by atoms with Gasteiger partial charge < -0.3 is 10.6 Å². The maximum Gasteiger partial charge on any atom is 0.0294 e. The highest BCUT2D eigenvalue weighted by molar-refractivity contribution is 9.10. The van der Waals surface area contributed by atoms with Crippen molar-refractivity contribution >= 4 is 15.9 Å². The summed E-state index contributed by atoms with van der Waals surface area (Å²) in [5.74, 6) is 0.829. The van der Waals surface area contributed by atoms with Crippen LogP contribution in [0.1, 0.15) is 50.6 Å². The van der Waals surface area contributed by atoms with E-state index >= 15 is 0 Å². The van der Waals surface area contributed by atoms with Gasteiger partial charge in [-0.2, -0.15) is 0 Å². The van der Waals surface area contributed by atoms with Crippen molar-refractivity contribution in [1.29, 1.82) is 0 Å². The first kappa shape index (κ1) is 14.6. The number of hydrogen-bond donors (Lipinski definition) is 2. The van der Waals surface area contributed by atoms with Crippen molar-refractivity contribution in [3.05, 3.63) is 34.3 Å². The zero-order valence-electron chi connectivity index (χ0n) is 12.2. The van der Waals surface area contributed by atoms with Crippen LogP contribution in [0, 0.1) is 5.92 Å². The summed E-state index contributed by atoms with van der Waals surface area (Å²) in [6.45, 7) is 3.51. The first-order valence-corrected chi connectivity index (χ1v) is 8.78. The SMILES string of the molecule is C[C@@H](NC1CCCC1C1CCCN1)c1ccc(Br)cc1. The van der Waals surface area contributed by atoms with Crippen LogP contribution >= 0.6 is 15.9 Å². The molecule has 1 aliphatic carbocycles. The Hall–Kier alpha value is -0.380. The molecule has 3 rings (SSSR count). The van der Waals surface area contributed by atoms with Crippen molar-refractivity contribution in [2.75, 3.05) is 6.54 Å². The van der Waals surface area contributed by atoms with Gasteiger partial charge in [0.25, 0.3) is 0 Å². The van der Waals surface area contributed by atoms with E-state index in [0.29, 0.717) is 12.1 Å². The molecular weight excluding hydrogens is 312 g/mol. The fraction of sp³-hybridized carbons (Fsp3) is 0.647. The fourth-order valence-electron chi connectivity index (χ4n) is 3.92. The third kappa shape index (κ3) is 3.26. The van der Waals surface area contributed by atoms with E-state index in [0.717, 1.165) is 16.4 Å². The Morgan fingerprint density at radius 1 is 1.15 bits per heavy atom. The number of halogens is 1. The standard InChI is InChI=1S/C17H25BrN2/c1-12(13-7-9-14(18)10-8-13)20-17-5-2-4-15(17)16-6-3-11-19-16/h7-10,12,15-17,19-20H,2-6,11H2,1H3/t12-,15?,16?,17?/m1/s1. The van der Waals surface area contributed by atoms with Crippen LogP contribution < -0.4 is 10.6 Å². The van der Waals surface area contributed by atoms with Crippen LogP contribution in [0.5, 0.6) is 0 Å². The minimum absolute atomic E-state index is 0.440. The van der Waals surface area contributed by atoms with E-state index in [4.69, 9.17) is 0 Å². The molecule has 110 valence electrons. The van der Waals surface area contributed by atoms with Crippen molar-refractivity contribution in [1.82, 2.24) is 10.6 Å². The molecule has 0 spiro atoms. The number of benzene rings is 1. The van der Waals surface area contributed by atoms with Gasteiger partial charge in [-0.3, -0.25) is 0 Å². The number of hydrogen-bond acceptors (Lipinski definition) is 2. The summed E-state index contributed by atoms with van der Waals surface area (Å²) in [6, 6.07) is 10.6. The molecule has 4 atom stereocenters. The Labute approximate surface area is 130 Å². The van der Waals surface area contributed by atoms with Crippen LogP contribution in [-0.4, -0.2) is 18.6 Å². The normalized spacial score (nSPS) is 31.6. The molecule has 1 heterocycles. The summed E-state index contributed by atoms with van der Waals surface area (Å²) < 4.78 is 1.15. The van der Waals surface area contributed by atoms with Crippen LogP contribution in [0.25, 0.3) is 0 Å². The van der Waals surface area contributed by atoms with Gasteiger partial charge in [0.05, 0.1) is 0 Å². The molecule has 0 radical (unpaired) electrons. The van der Waals surface area contributed by atoms with E-state index in [1.165, 1.54) is 44.2 Å². The van der Waals surface area contributed by atoms with Crippen molar-refractivity contribution in [3.8, 4) is 0 Å². The van der Waals surface area contributed by atoms with Gasteiger partial charge in [-0.15, -0.1) is 0 Å². The first-order valence-electron chi connectivity index (χ1n) is 7.99. The van der Waals surface area contributed by atoms with Crippen LogP contribution in [0.3, 0.4) is 0 Å². The molecule has 1 aliphatic heterocycles. The minimum atomic E-state index is 0.440. The quantitative estimate of drug-likeness (QED) is 0.867. The van der Waals surface area contributed by atoms with Gasteiger partial charge in [0.1, 0.15) is 0 Å². The lowest BCUT2D eigenvalue weighted by molar-refractivity contribution is 0.303. The average Bonchev–Trinajstić information content (AvgIpc) is 3.09. The highest BCUT2D eigenvalue weighted by atomic mass is 79.9. The van der Waals surface area contributed by atoms with Gasteiger partial charge in [-0.05, 0) is 62.8 Å². The topological polar surface area (TPSA) is 24.1 Å². The Kier molecular flexibility index (Phi) is 4.79. The second-order valence-electron chi connectivity index (χ2n) is 6.34. The molecule has 2 aliphatic rings. The molecule has 2 N–H and O–H groups in total. The highest BCUT2D eigenvalue weighted by Gasteiger charge is 2.35. The maximum atomic E-state index is 3.89. The minimum Gasteiger partial charge on any atom is -0.314 e. The molecule has 3 heteroatoms. The average molecular weight is 337 g/mol. The summed E-state index contributed by atoms with van der Waals surface area (Å²) in [5, 5.41) is 7.59. The lowest BCUT2D eigenvalue weighted by Crippen LogP contribution is -2.42. The van der Waals surface area contributed by atoms with Crippen molar-refractivity contribution in [2.24, 2.45) is 5.92 Å². The molecule has 2 fully saturated rings. The molecule has 0 aromatic heterocycles. The van der Waals surface area contributed by atoms with E-state index < -0.39 is 0 Å². The zero-order chi connectivity index (χ0) is 13.9. The third-order valence-corrected chi connectivity index (χ3v) is 5.55. The molecule has 20 heavy (non-hydrogen) atoms. The smallest absolute Gasteiger partial charge is 0.0294 e. The monoisotopic (exact) mass is 336 g/mol.